The summed E-state index contributed by atoms with van der Waals surface area (Å²) in [6.45, 7) is 3.31. The molecule has 178 valence electrons. The lowest BCUT2D eigenvalue weighted by Crippen LogP contribution is -2.49. The highest BCUT2D eigenvalue weighted by atomic mass is 35.5. The van der Waals surface area contributed by atoms with Gasteiger partial charge in [0.15, 0.2) is 6.61 Å². The minimum Gasteiger partial charge on any atom is -0.508 e. The number of halogens is 1. The first-order valence-corrected chi connectivity index (χ1v) is 11.6. The fraction of sp³-hybridized carbons (Fsp3) is 0.458. The molecule has 0 saturated carbocycles. The molecule has 2 atom stereocenters. The molecule has 4 N–H and O–H groups in total. The molecule has 2 saturated heterocycles. The Morgan fingerprint density at radius 2 is 1.85 bits per heavy atom. The summed E-state index contributed by atoms with van der Waals surface area (Å²) in [7, 11) is 0. The van der Waals surface area contributed by atoms with Crippen molar-refractivity contribution < 1.29 is 24.9 Å². The molecule has 0 amide bonds. The van der Waals surface area contributed by atoms with Gasteiger partial charge < -0.3 is 30.3 Å². The fourth-order valence-electron chi connectivity index (χ4n) is 4.57. The summed E-state index contributed by atoms with van der Waals surface area (Å²) in [4.78, 5) is 15.2. The van der Waals surface area contributed by atoms with Crippen molar-refractivity contribution in [2.24, 2.45) is 0 Å². The van der Waals surface area contributed by atoms with E-state index in [1.165, 1.54) is 11.6 Å². The minimum atomic E-state index is -1.07. The van der Waals surface area contributed by atoms with Gasteiger partial charge in [0, 0.05) is 36.8 Å². The number of aliphatic hydroxyl groups is 1. The van der Waals surface area contributed by atoms with Crippen LogP contribution in [0.3, 0.4) is 0 Å². The third kappa shape index (κ3) is 6.29. The summed E-state index contributed by atoms with van der Waals surface area (Å²) in [6.07, 6.45) is 1.41. The molecule has 0 aromatic heterocycles. The highest BCUT2D eigenvalue weighted by molar-refractivity contribution is 6.30. The molecule has 2 aliphatic heterocycles. The number of hydrogen-bond acceptors (Lipinski definition) is 7. The number of carboxylic acids is 1. The molecular formula is C24H30ClN3O5. The van der Waals surface area contributed by atoms with Crippen molar-refractivity contribution in [1.82, 2.24) is 10.2 Å². The Kier molecular flexibility index (Phi) is 7.60. The number of hydrogen-bond donors (Lipinski definition) is 4. The number of carboxylic acid groups (broad SMARTS) is 1. The van der Waals surface area contributed by atoms with Crippen LogP contribution in [-0.4, -0.2) is 77.2 Å². The van der Waals surface area contributed by atoms with E-state index in [1.54, 1.807) is 12.1 Å². The lowest BCUT2D eigenvalue weighted by atomic mass is 10.0. The van der Waals surface area contributed by atoms with Crippen LogP contribution in [0.4, 0.5) is 5.69 Å². The number of β-amino-alcohol motifs (C(OH)–C–C–N with tert-alkyl or cyclic N) is 1. The maximum absolute atomic E-state index is 10.9. The number of ether oxygens (including phenoxy) is 1. The van der Waals surface area contributed by atoms with Crippen LogP contribution in [0.5, 0.6) is 11.5 Å². The van der Waals surface area contributed by atoms with Gasteiger partial charge in [0.2, 0.25) is 0 Å². The number of phenolic OH excluding ortho intramolecular Hbond substituents is 1. The van der Waals surface area contributed by atoms with Crippen molar-refractivity contribution in [2.45, 2.75) is 37.6 Å². The standard InChI is InChI=1S/C24H30ClN3O5/c25-17-3-1-16(2-4-17)12-27-9-7-18(8-10-27)26-20-13-28(14-22(20)30)21-11-19(29)5-6-23(21)33-15-24(31)32/h1-6,11,18,20,22,26,29-30H,7-10,12-15H2,(H,31,32)/t20?,22-/m1/s1. The SMILES string of the molecule is O=C(O)COc1ccc(O)cc1N1CC(NC2CCN(Cc3ccc(Cl)cc3)CC2)[C@H](O)C1. The zero-order valence-electron chi connectivity index (χ0n) is 18.4. The molecule has 0 bridgehead atoms. The number of aromatic hydroxyl groups is 1. The maximum atomic E-state index is 10.9. The Balaban J connectivity index is 1.31. The number of likely N-dealkylation sites (tertiary alicyclic amines) is 1. The molecule has 0 aliphatic carbocycles. The van der Waals surface area contributed by atoms with Gasteiger partial charge in [-0.15, -0.1) is 0 Å². The van der Waals surface area contributed by atoms with Crippen LogP contribution in [0.2, 0.25) is 5.02 Å². The van der Waals surface area contributed by atoms with Crippen LogP contribution in [0.1, 0.15) is 18.4 Å². The largest absolute Gasteiger partial charge is 0.508 e. The number of aliphatic hydroxyl groups excluding tert-OH is 1. The van der Waals surface area contributed by atoms with E-state index in [9.17, 15) is 15.0 Å². The topological polar surface area (TPSA) is 106 Å². The molecule has 2 aliphatic rings. The van der Waals surface area contributed by atoms with Crippen molar-refractivity contribution in [1.29, 1.82) is 0 Å². The van der Waals surface area contributed by atoms with Crippen molar-refractivity contribution >= 4 is 23.3 Å². The molecule has 8 nitrogen and oxygen atoms in total. The second-order valence-corrected chi connectivity index (χ2v) is 9.19. The average molecular weight is 476 g/mol. The van der Waals surface area contributed by atoms with E-state index in [2.05, 4.69) is 22.3 Å². The Morgan fingerprint density at radius 3 is 2.55 bits per heavy atom. The Bertz CT molecular complexity index is 950. The lowest BCUT2D eigenvalue weighted by molar-refractivity contribution is -0.139. The highest BCUT2D eigenvalue weighted by Crippen LogP contribution is 2.34. The second-order valence-electron chi connectivity index (χ2n) is 8.76. The van der Waals surface area contributed by atoms with E-state index < -0.39 is 18.7 Å². The Labute approximate surface area is 198 Å². The first-order chi connectivity index (χ1) is 15.9. The molecule has 0 radical (unpaired) electrons. The highest BCUT2D eigenvalue weighted by Gasteiger charge is 2.35. The van der Waals surface area contributed by atoms with Gasteiger partial charge in [0.05, 0.1) is 17.8 Å². The van der Waals surface area contributed by atoms with Crippen LogP contribution < -0.4 is 15.0 Å². The molecule has 2 fully saturated rings. The smallest absolute Gasteiger partial charge is 0.341 e. The monoisotopic (exact) mass is 475 g/mol. The van der Waals surface area contributed by atoms with E-state index in [1.807, 2.05) is 17.0 Å². The van der Waals surface area contributed by atoms with Gasteiger partial charge in [0.25, 0.3) is 0 Å². The Morgan fingerprint density at radius 1 is 1.12 bits per heavy atom. The van der Waals surface area contributed by atoms with Crippen LogP contribution in [0.15, 0.2) is 42.5 Å². The van der Waals surface area contributed by atoms with Crippen LogP contribution in [0, 0.1) is 0 Å². The molecule has 0 spiro atoms. The van der Waals surface area contributed by atoms with Crippen molar-refractivity contribution in [2.75, 3.05) is 37.7 Å². The van der Waals surface area contributed by atoms with Gasteiger partial charge in [-0.1, -0.05) is 23.7 Å². The third-order valence-corrected chi connectivity index (χ3v) is 6.53. The number of rotatable bonds is 8. The van der Waals surface area contributed by atoms with E-state index >= 15 is 0 Å². The normalized spacial score (nSPS) is 21.9. The lowest BCUT2D eigenvalue weighted by Gasteiger charge is -2.34. The first-order valence-electron chi connectivity index (χ1n) is 11.2. The summed E-state index contributed by atoms with van der Waals surface area (Å²) in [5.41, 5.74) is 1.83. The summed E-state index contributed by atoms with van der Waals surface area (Å²) in [5, 5.41) is 33.9. The number of nitrogens with zero attached hydrogens (tertiary/aromatic N) is 2. The summed E-state index contributed by atoms with van der Waals surface area (Å²) in [5.74, 6) is -0.636. The van der Waals surface area contributed by atoms with E-state index in [0.717, 1.165) is 37.5 Å². The summed E-state index contributed by atoms with van der Waals surface area (Å²) < 4.78 is 5.39. The number of aliphatic carboxylic acids is 1. The predicted octanol–water partition coefficient (Wildman–Crippen LogP) is 2.31. The van der Waals surface area contributed by atoms with Crippen LogP contribution in [0.25, 0.3) is 0 Å². The van der Waals surface area contributed by atoms with Gasteiger partial charge >= 0.3 is 5.97 Å². The van der Waals surface area contributed by atoms with Gasteiger partial charge in [0.1, 0.15) is 11.5 Å². The van der Waals surface area contributed by atoms with Gasteiger partial charge in [-0.3, -0.25) is 4.90 Å². The predicted molar refractivity (Wildman–Crippen MR) is 126 cm³/mol. The fourth-order valence-corrected chi connectivity index (χ4v) is 4.70. The molecule has 2 aromatic carbocycles. The van der Waals surface area contributed by atoms with Crippen molar-refractivity contribution in [3.05, 3.63) is 53.1 Å². The van der Waals surface area contributed by atoms with Gasteiger partial charge in [-0.05, 0) is 55.8 Å². The number of carbonyl (C=O) groups is 1. The number of phenols is 1. The van der Waals surface area contributed by atoms with E-state index in [4.69, 9.17) is 21.4 Å². The number of piperidine rings is 1. The van der Waals surface area contributed by atoms with Crippen molar-refractivity contribution in [3.63, 3.8) is 0 Å². The summed E-state index contributed by atoms with van der Waals surface area (Å²) >= 11 is 5.97. The minimum absolute atomic E-state index is 0.0617. The van der Waals surface area contributed by atoms with Crippen molar-refractivity contribution in [3.8, 4) is 11.5 Å². The molecule has 33 heavy (non-hydrogen) atoms. The second kappa shape index (κ2) is 10.6. The zero-order valence-corrected chi connectivity index (χ0v) is 19.1. The van der Waals surface area contributed by atoms with E-state index in [-0.39, 0.29) is 11.8 Å². The molecular weight excluding hydrogens is 446 g/mol. The van der Waals surface area contributed by atoms with Crippen LogP contribution >= 0.6 is 11.6 Å². The van der Waals surface area contributed by atoms with Gasteiger partial charge in [-0.2, -0.15) is 0 Å². The Hall–Kier alpha value is -2.52. The number of anilines is 1. The van der Waals surface area contributed by atoms with E-state index in [0.29, 0.717) is 30.6 Å². The zero-order chi connectivity index (χ0) is 23.4. The number of nitrogens with one attached hydrogen (secondary N) is 1. The third-order valence-electron chi connectivity index (χ3n) is 6.28. The molecule has 4 rings (SSSR count). The quantitative estimate of drug-likeness (QED) is 0.461. The van der Waals surface area contributed by atoms with Crippen LogP contribution in [-0.2, 0) is 11.3 Å². The maximum Gasteiger partial charge on any atom is 0.341 e. The molecule has 1 unspecified atom stereocenters. The average Bonchev–Trinajstić information content (AvgIpc) is 3.15. The molecule has 9 heteroatoms. The number of benzene rings is 2. The summed E-state index contributed by atoms with van der Waals surface area (Å²) in [6, 6.07) is 12.7. The first kappa shape index (κ1) is 23.6. The van der Waals surface area contributed by atoms with Gasteiger partial charge in [-0.25, -0.2) is 4.79 Å². The molecule has 2 heterocycles. The molecule has 2 aromatic rings.